The molecule has 0 bridgehead atoms. The molecule has 0 amide bonds. The Morgan fingerprint density at radius 1 is 1.25 bits per heavy atom. The Morgan fingerprint density at radius 2 is 1.95 bits per heavy atom. The molecule has 2 atom stereocenters. The molecule has 20 heavy (non-hydrogen) atoms. The molecule has 0 spiro atoms. The van der Waals surface area contributed by atoms with Gasteiger partial charge in [0, 0.05) is 6.04 Å². The Balaban J connectivity index is 2.02. The van der Waals surface area contributed by atoms with Crippen molar-refractivity contribution in [2.45, 2.75) is 65.0 Å². The molecule has 1 N–H and O–H groups in total. The number of aryl methyl sites for hydroxylation is 1. The topological polar surface area (TPSA) is 21.3 Å². The van der Waals surface area contributed by atoms with Crippen LogP contribution >= 0.6 is 0 Å². The molecule has 1 aliphatic rings. The van der Waals surface area contributed by atoms with E-state index in [9.17, 15) is 0 Å². The summed E-state index contributed by atoms with van der Waals surface area (Å²) in [5.41, 5.74) is 1.79. The summed E-state index contributed by atoms with van der Waals surface area (Å²) in [4.78, 5) is 0. The smallest absolute Gasteiger partial charge is 0.119 e. The standard InChI is InChI=1S/C18H29NO/c1-5-6-14-7-9-15(10-8-14)20-17-13-18(2,3)12-11-16(17)19-4/h7-10,16-17,19H,5-6,11-13H2,1-4H3. The van der Waals surface area contributed by atoms with E-state index in [-0.39, 0.29) is 6.10 Å². The van der Waals surface area contributed by atoms with Crippen LogP contribution in [0.25, 0.3) is 0 Å². The Morgan fingerprint density at radius 3 is 2.55 bits per heavy atom. The van der Waals surface area contributed by atoms with E-state index in [4.69, 9.17) is 4.74 Å². The highest BCUT2D eigenvalue weighted by Gasteiger charge is 2.35. The van der Waals surface area contributed by atoms with Crippen LogP contribution < -0.4 is 10.1 Å². The number of likely N-dealkylation sites (N-methyl/N-ethyl adjacent to an activating group) is 1. The molecule has 0 heterocycles. The van der Waals surface area contributed by atoms with Gasteiger partial charge in [0.2, 0.25) is 0 Å². The van der Waals surface area contributed by atoms with Gasteiger partial charge < -0.3 is 10.1 Å². The van der Waals surface area contributed by atoms with Crippen molar-refractivity contribution in [2.24, 2.45) is 5.41 Å². The van der Waals surface area contributed by atoms with Crippen LogP contribution in [-0.2, 0) is 6.42 Å². The molecule has 1 saturated carbocycles. The van der Waals surface area contributed by atoms with Crippen LogP contribution in [-0.4, -0.2) is 19.2 Å². The fraction of sp³-hybridized carbons (Fsp3) is 0.667. The van der Waals surface area contributed by atoms with Crippen LogP contribution in [0.5, 0.6) is 5.75 Å². The van der Waals surface area contributed by atoms with Crippen molar-refractivity contribution in [2.75, 3.05) is 7.05 Å². The molecular weight excluding hydrogens is 246 g/mol. The van der Waals surface area contributed by atoms with Gasteiger partial charge in [0.15, 0.2) is 0 Å². The van der Waals surface area contributed by atoms with E-state index in [2.05, 4.69) is 50.4 Å². The van der Waals surface area contributed by atoms with Crippen LogP contribution in [0.15, 0.2) is 24.3 Å². The summed E-state index contributed by atoms with van der Waals surface area (Å²) < 4.78 is 6.27. The van der Waals surface area contributed by atoms with E-state index >= 15 is 0 Å². The zero-order valence-corrected chi connectivity index (χ0v) is 13.4. The summed E-state index contributed by atoms with van der Waals surface area (Å²) in [6.07, 6.45) is 6.21. The summed E-state index contributed by atoms with van der Waals surface area (Å²) in [7, 11) is 2.05. The molecule has 2 nitrogen and oxygen atoms in total. The van der Waals surface area contributed by atoms with E-state index in [0.29, 0.717) is 11.5 Å². The fourth-order valence-electron chi connectivity index (χ4n) is 3.17. The maximum atomic E-state index is 6.27. The summed E-state index contributed by atoms with van der Waals surface area (Å²) in [5.74, 6) is 1.01. The van der Waals surface area contributed by atoms with Gasteiger partial charge in [0.1, 0.15) is 11.9 Å². The molecule has 0 saturated heterocycles. The minimum atomic E-state index is 0.278. The third-order valence-corrected chi connectivity index (χ3v) is 4.45. The maximum Gasteiger partial charge on any atom is 0.119 e. The molecule has 1 aromatic rings. The molecule has 0 aliphatic heterocycles. The maximum absolute atomic E-state index is 6.27. The largest absolute Gasteiger partial charge is 0.489 e. The van der Waals surface area contributed by atoms with Gasteiger partial charge in [0.05, 0.1) is 0 Å². The zero-order chi connectivity index (χ0) is 14.6. The summed E-state index contributed by atoms with van der Waals surface area (Å²) in [6, 6.07) is 9.11. The van der Waals surface area contributed by atoms with E-state index in [1.165, 1.54) is 24.8 Å². The summed E-state index contributed by atoms with van der Waals surface area (Å²) in [5, 5.41) is 3.42. The van der Waals surface area contributed by atoms with Crippen LogP contribution in [0.2, 0.25) is 0 Å². The first-order valence-corrected chi connectivity index (χ1v) is 7.97. The first-order chi connectivity index (χ1) is 9.54. The zero-order valence-electron chi connectivity index (χ0n) is 13.4. The second-order valence-corrected chi connectivity index (χ2v) is 6.85. The molecule has 2 heteroatoms. The van der Waals surface area contributed by atoms with Crippen molar-refractivity contribution in [3.8, 4) is 5.75 Å². The van der Waals surface area contributed by atoms with E-state index in [1.54, 1.807) is 0 Å². The number of hydrogen-bond acceptors (Lipinski definition) is 2. The third-order valence-electron chi connectivity index (χ3n) is 4.45. The summed E-state index contributed by atoms with van der Waals surface area (Å²) >= 11 is 0. The number of benzene rings is 1. The number of hydrogen-bond donors (Lipinski definition) is 1. The van der Waals surface area contributed by atoms with Gasteiger partial charge in [-0.1, -0.05) is 39.3 Å². The lowest BCUT2D eigenvalue weighted by Crippen LogP contribution is -2.47. The molecule has 112 valence electrons. The first kappa shape index (κ1) is 15.4. The molecule has 2 unspecified atom stereocenters. The molecule has 1 aliphatic carbocycles. The minimum Gasteiger partial charge on any atom is -0.489 e. The van der Waals surface area contributed by atoms with Crippen LogP contribution in [0, 0.1) is 5.41 Å². The molecule has 0 radical (unpaired) electrons. The van der Waals surface area contributed by atoms with Crippen molar-refractivity contribution >= 4 is 0 Å². The highest BCUT2D eigenvalue weighted by Crippen LogP contribution is 2.37. The van der Waals surface area contributed by atoms with Gasteiger partial charge in [-0.2, -0.15) is 0 Å². The SMILES string of the molecule is CCCc1ccc(OC2CC(C)(C)CCC2NC)cc1. The van der Waals surface area contributed by atoms with E-state index in [1.807, 2.05) is 7.05 Å². The van der Waals surface area contributed by atoms with Crippen LogP contribution in [0.1, 0.15) is 52.0 Å². The third kappa shape index (κ3) is 3.99. The van der Waals surface area contributed by atoms with Crippen LogP contribution in [0.3, 0.4) is 0 Å². The number of nitrogens with one attached hydrogen (secondary N) is 1. The first-order valence-electron chi connectivity index (χ1n) is 7.97. The van der Waals surface area contributed by atoms with Gasteiger partial charge in [-0.15, -0.1) is 0 Å². The lowest BCUT2D eigenvalue weighted by Gasteiger charge is -2.40. The number of ether oxygens (including phenoxy) is 1. The van der Waals surface area contributed by atoms with Crippen molar-refractivity contribution in [3.63, 3.8) is 0 Å². The lowest BCUT2D eigenvalue weighted by molar-refractivity contribution is 0.0559. The van der Waals surface area contributed by atoms with Gasteiger partial charge in [-0.05, 0) is 55.8 Å². The lowest BCUT2D eigenvalue weighted by atomic mass is 9.74. The predicted molar refractivity (Wildman–Crippen MR) is 85.3 cm³/mol. The van der Waals surface area contributed by atoms with Gasteiger partial charge in [-0.25, -0.2) is 0 Å². The Kier molecular flexibility index (Phi) is 5.09. The second kappa shape index (κ2) is 6.62. The average Bonchev–Trinajstić information content (AvgIpc) is 2.41. The number of rotatable bonds is 5. The highest BCUT2D eigenvalue weighted by molar-refractivity contribution is 5.27. The van der Waals surface area contributed by atoms with Gasteiger partial charge in [-0.3, -0.25) is 0 Å². The molecule has 0 aromatic heterocycles. The molecule has 1 fully saturated rings. The van der Waals surface area contributed by atoms with E-state index < -0.39 is 0 Å². The van der Waals surface area contributed by atoms with Gasteiger partial charge >= 0.3 is 0 Å². The molecular formula is C18H29NO. The quantitative estimate of drug-likeness (QED) is 0.870. The van der Waals surface area contributed by atoms with Gasteiger partial charge in [0.25, 0.3) is 0 Å². The Hall–Kier alpha value is -1.02. The summed E-state index contributed by atoms with van der Waals surface area (Å²) in [6.45, 7) is 6.91. The molecule has 1 aromatic carbocycles. The van der Waals surface area contributed by atoms with Crippen molar-refractivity contribution in [1.29, 1.82) is 0 Å². The monoisotopic (exact) mass is 275 g/mol. The predicted octanol–water partition coefficient (Wildman–Crippen LogP) is 4.18. The van der Waals surface area contributed by atoms with E-state index in [0.717, 1.165) is 18.6 Å². The molecule has 2 rings (SSSR count). The average molecular weight is 275 g/mol. The van der Waals surface area contributed by atoms with Crippen LogP contribution in [0.4, 0.5) is 0 Å². The minimum absolute atomic E-state index is 0.278. The van der Waals surface area contributed by atoms with Crippen molar-refractivity contribution in [1.82, 2.24) is 5.32 Å². The second-order valence-electron chi connectivity index (χ2n) is 6.85. The normalized spacial score (nSPS) is 25.4. The Bertz CT molecular complexity index is 410. The fourth-order valence-corrected chi connectivity index (χ4v) is 3.17. The van der Waals surface area contributed by atoms with Crippen molar-refractivity contribution < 1.29 is 4.74 Å². The Labute approximate surface area is 123 Å². The van der Waals surface area contributed by atoms with Crippen molar-refractivity contribution in [3.05, 3.63) is 29.8 Å². The highest BCUT2D eigenvalue weighted by atomic mass is 16.5.